The molecule has 1 saturated heterocycles. The third-order valence-corrected chi connectivity index (χ3v) is 5.78. The quantitative estimate of drug-likeness (QED) is 0.846. The molecule has 1 N–H and O–H groups in total. The fourth-order valence-corrected chi connectivity index (χ4v) is 4.18. The first-order valence-corrected chi connectivity index (χ1v) is 9.68. The standard InChI is InChI=1S/C20H23F2N3O3/c21-20(22,19(27)10-4-5-11-19)18(26)25-12-6-9-15(25)17-23-16(28-24-17)13-14-7-2-1-3-8-14/h1-3,7-8,15,27H,4-6,9-13H2/t15-/m0/s1. The van der Waals surface area contributed by atoms with E-state index in [0.717, 1.165) is 10.5 Å². The molecule has 8 heteroatoms. The van der Waals surface area contributed by atoms with Crippen molar-refractivity contribution in [2.45, 2.75) is 62.5 Å². The Balaban J connectivity index is 1.51. The van der Waals surface area contributed by atoms with Crippen molar-refractivity contribution in [2.75, 3.05) is 6.54 Å². The van der Waals surface area contributed by atoms with Gasteiger partial charge in [0, 0.05) is 6.54 Å². The Morgan fingerprint density at radius 1 is 1.25 bits per heavy atom. The van der Waals surface area contributed by atoms with Crippen LogP contribution >= 0.6 is 0 Å². The van der Waals surface area contributed by atoms with Crippen molar-refractivity contribution in [2.24, 2.45) is 0 Å². The summed E-state index contributed by atoms with van der Waals surface area (Å²) in [6, 6.07) is 8.91. The zero-order valence-electron chi connectivity index (χ0n) is 15.5. The van der Waals surface area contributed by atoms with E-state index < -0.39 is 23.5 Å². The first-order chi connectivity index (χ1) is 13.4. The van der Waals surface area contributed by atoms with Crippen LogP contribution in [0.3, 0.4) is 0 Å². The Labute approximate surface area is 161 Å². The smallest absolute Gasteiger partial charge is 0.352 e. The van der Waals surface area contributed by atoms with Gasteiger partial charge in [-0.3, -0.25) is 4.79 Å². The summed E-state index contributed by atoms with van der Waals surface area (Å²) in [4.78, 5) is 18.1. The van der Waals surface area contributed by atoms with E-state index in [0.29, 0.717) is 38.0 Å². The maximum absolute atomic E-state index is 14.8. The lowest BCUT2D eigenvalue weighted by Gasteiger charge is -2.35. The second kappa shape index (κ2) is 7.24. The van der Waals surface area contributed by atoms with Crippen LogP contribution in [0.15, 0.2) is 34.9 Å². The van der Waals surface area contributed by atoms with E-state index in [2.05, 4.69) is 10.1 Å². The Morgan fingerprint density at radius 3 is 2.68 bits per heavy atom. The molecule has 1 aromatic carbocycles. The van der Waals surface area contributed by atoms with Gasteiger partial charge in [-0.25, -0.2) is 0 Å². The van der Waals surface area contributed by atoms with Crippen molar-refractivity contribution < 1.29 is 23.2 Å². The zero-order valence-corrected chi connectivity index (χ0v) is 15.5. The maximum atomic E-state index is 14.8. The number of hydrogen-bond acceptors (Lipinski definition) is 5. The van der Waals surface area contributed by atoms with E-state index in [9.17, 15) is 18.7 Å². The van der Waals surface area contributed by atoms with Crippen molar-refractivity contribution in [1.29, 1.82) is 0 Å². The molecule has 0 bridgehead atoms. The van der Waals surface area contributed by atoms with E-state index in [1.165, 1.54) is 0 Å². The minimum atomic E-state index is -3.82. The highest BCUT2D eigenvalue weighted by Crippen LogP contribution is 2.45. The summed E-state index contributed by atoms with van der Waals surface area (Å²) in [6.45, 7) is 0.192. The molecule has 1 aliphatic heterocycles. The van der Waals surface area contributed by atoms with Crippen LogP contribution in [0.1, 0.15) is 61.8 Å². The third-order valence-electron chi connectivity index (χ3n) is 5.78. The third kappa shape index (κ3) is 3.30. The Kier molecular flexibility index (Phi) is 4.91. The zero-order chi connectivity index (χ0) is 19.8. The number of likely N-dealkylation sites (tertiary alicyclic amines) is 1. The van der Waals surface area contributed by atoms with Gasteiger partial charge in [0.05, 0.1) is 12.5 Å². The van der Waals surface area contributed by atoms with Gasteiger partial charge in [-0.2, -0.15) is 13.8 Å². The molecule has 1 saturated carbocycles. The summed E-state index contributed by atoms with van der Waals surface area (Å²) >= 11 is 0. The van der Waals surface area contributed by atoms with Crippen molar-refractivity contribution in [3.05, 3.63) is 47.6 Å². The predicted octanol–water partition coefficient (Wildman–Crippen LogP) is 3.26. The molecule has 2 fully saturated rings. The van der Waals surface area contributed by atoms with Gasteiger partial charge in [0.2, 0.25) is 5.89 Å². The van der Waals surface area contributed by atoms with E-state index in [1.807, 2.05) is 30.3 Å². The molecular formula is C20H23F2N3O3. The van der Waals surface area contributed by atoms with Crippen LogP contribution in [0.25, 0.3) is 0 Å². The van der Waals surface area contributed by atoms with Crippen LogP contribution < -0.4 is 0 Å². The SMILES string of the molecule is O=C(N1CCC[C@H]1c1noc(Cc2ccccc2)n1)C(F)(F)C1(O)CCCC1. The molecule has 2 heterocycles. The number of halogens is 2. The number of aromatic nitrogens is 2. The minimum absolute atomic E-state index is 0.0618. The lowest BCUT2D eigenvalue weighted by Crippen LogP contribution is -2.56. The summed E-state index contributed by atoms with van der Waals surface area (Å²) in [5, 5.41) is 14.3. The van der Waals surface area contributed by atoms with Gasteiger partial charge in [-0.05, 0) is 31.2 Å². The van der Waals surface area contributed by atoms with E-state index in [4.69, 9.17) is 4.52 Å². The highest BCUT2D eigenvalue weighted by Gasteiger charge is 2.61. The first-order valence-electron chi connectivity index (χ1n) is 9.68. The molecule has 2 aromatic rings. The molecule has 1 aliphatic carbocycles. The minimum Gasteiger partial charge on any atom is -0.383 e. The van der Waals surface area contributed by atoms with Crippen molar-refractivity contribution in [1.82, 2.24) is 15.0 Å². The fourth-order valence-electron chi connectivity index (χ4n) is 4.18. The monoisotopic (exact) mass is 391 g/mol. The molecule has 1 atom stereocenters. The Morgan fingerprint density at radius 2 is 1.96 bits per heavy atom. The van der Waals surface area contributed by atoms with Crippen LogP contribution in [-0.4, -0.2) is 44.1 Å². The molecule has 1 aromatic heterocycles. The van der Waals surface area contributed by atoms with Gasteiger partial charge in [-0.15, -0.1) is 0 Å². The number of hydrogen-bond donors (Lipinski definition) is 1. The second-order valence-electron chi connectivity index (χ2n) is 7.68. The van der Waals surface area contributed by atoms with Crippen molar-refractivity contribution in [3.63, 3.8) is 0 Å². The van der Waals surface area contributed by atoms with Gasteiger partial charge in [0.15, 0.2) is 5.82 Å². The average Bonchev–Trinajstić information content (AvgIpc) is 3.42. The molecule has 28 heavy (non-hydrogen) atoms. The first kappa shape index (κ1) is 19.0. The maximum Gasteiger partial charge on any atom is 0.352 e. The van der Waals surface area contributed by atoms with E-state index in [-0.39, 0.29) is 25.2 Å². The lowest BCUT2D eigenvalue weighted by atomic mass is 9.92. The summed E-state index contributed by atoms with van der Waals surface area (Å²) in [7, 11) is 0. The number of nitrogens with zero attached hydrogens (tertiary/aromatic N) is 3. The van der Waals surface area contributed by atoms with Crippen molar-refractivity contribution >= 4 is 5.91 Å². The second-order valence-corrected chi connectivity index (χ2v) is 7.68. The number of carbonyl (C=O) groups excluding carboxylic acids is 1. The van der Waals surface area contributed by atoms with Gasteiger partial charge in [-0.1, -0.05) is 48.3 Å². The molecule has 2 aliphatic rings. The molecule has 1 amide bonds. The number of carbonyl (C=O) groups is 1. The molecule has 6 nitrogen and oxygen atoms in total. The summed E-state index contributed by atoms with van der Waals surface area (Å²) in [5.74, 6) is -4.54. The molecule has 0 radical (unpaired) electrons. The highest BCUT2D eigenvalue weighted by molar-refractivity contribution is 5.85. The van der Waals surface area contributed by atoms with E-state index in [1.54, 1.807) is 0 Å². The van der Waals surface area contributed by atoms with Gasteiger partial charge >= 0.3 is 5.92 Å². The van der Waals surface area contributed by atoms with Gasteiger partial charge < -0.3 is 14.5 Å². The average molecular weight is 391 g/mol. The van der Waals surface area contributed by atoms with E-state index >= 15 is 0 Å². The molecule has 0 unspecified atom stereocenters. The highest BCUT2D eigenvalue weighted by atomic mass is 19.3. The largest absolute Gasteiger partial charge is 0.383 e. The Bertz CT molecular complexity index is 834. The van der Waals surface area contributed by atoms with Crippen molar-refractivity contribution in [3.8, 4) is 0 Å². The fraction of sp³-hybridized carbons (Fsp3) is 0.550. The normalized spacial score (nSPS) is 22.0. The molecule has 150 valence electrons. The molecule has 4 rings (SSSR count). The van der Waals surface area contributed by atoms with Crippen LogP contribution in [-0.2, 0) is 11.2 Å². The Hall–Kier alpha value is -2.35. The van der Waals surface area contributed by atoms with Crippen LogP contribution in [0.2, 0.25) is 0 Å². The summed E-state index contributed by atoms with van der Waals surface area (Å²) in [5.41, 5.74) is -1.26. The number of alkyl halides is 2. The van der Waals surface area contributed by atoms with Gasteiger partial charge in [0.25, 0.3) is 5.91 Å². The number of benzene rings is 1. The number of rotatable bonds is 5. The summed E-state index contributed by atoms with van der Waals surface area (Å²) in [6.07, 6.45) is 2.37. The molecule has 0 spiro atoms. The molecular weight excluding hydrogens is 368 g/mol. The lowest BCUT2D eigenvalue weighted by molar-refractivity contribution is -0.201. The van der Waals surface area contributed by atoms with Crippen LogP contribution in [0.5, 0.6) is 0 Å². The predicted molar refractivity (Wildman–Crippen MR) is 95.6 cm³/mol. The summed E-state index contributed by atoms with van der Waals surface area (Å²) < 4.78 is 34.9. The van der Waals surface area contributed by atoms with Crippen LogP contribution in [0.4, 0.5) is 8.78 Å². The van der Waals surface area contributed by atoms with Gasteiger partial charge in [0.1, 0.15) is 5.60 Å². The topological polar surface area (TPSA) is 79.5 Å². The van der Waals surface area contributed by atoms with Crippen LogP contribution in [0, 0.1) is 0 Å². The number of aliphatic hydroxyl groups is 1. The number of amides is 1.